The molecule has 0 aromatic heterocycles. The van der Waals surface area contributed by atoms with Crippen LogP contribution in [0, 0.1) is 0 Å². The Morgan fingerprint density at radius 2 is 1.95 bits per heavy atom. The Hall–Kier alpha value is -2.06. The van der Waals surface area contributed by atoms with E-state index in [0.717, 1.165) is 16.1 Å². The average molecular weight is 298 g/mol. The van der Waals surface area contributed by atoms with E-state index in [9.17, 15) is 4.79 Å². The van der Waals surface area contributed by atoms with Crippen molar-refractivity contribution in [2.45, 2.75) is 12.5 Å². The number of hydrogen-bond donors (Lipinski definition) is 0. The second kappa shape index (κ2) is 5.74. The lowest BCUT2D eigenvalue weighted by Gasteiger charge is -2.35. The first-order valence-corrected chi connectivity index (χ1v) is 7.32. The van der Waals surface area contributed by atoms with Crippen molar-refractivity contribution in [2.24, 2.45) is 0 Å². The van der Waals surface area contributed by atoms with Gasteiger partial charge in [-0.05, 0) is 28.8 Å². The third-order valence-electron chi connectivity index (χ3n) is 3.94. The van der Waals surface area contributed by atoms with E-state index >= 15 is 0 Å². The Balaban J connectivity index is 2.10. The zero-order valence-electron chi connectivity index (χ0n) is 11.6. The zero-order valence-corrected chi connectivity index (χ0v) is 12.4. The number of nitrogens with zero attached hydrogens (tertiary/aromatic N) is 1. The first kappa shape index (κ1) is 13.9. The largest absolute Gasteiger partial charge is 0.334 e. The molecule has 1 aliphatic rings. The fourth-order valence-electron chi connectivity index (χ4n) is 2.95. The van der Waals surface area contributed by atoms with Crippen LogP contribution in [0.1, 0.15) is 22.6 Å². The van der Waals surface area contributed by atoms with Gasteiger partial charge in [0.25, 0.3) is 0 Å². The summed E-state index contributed by atoms with van der Waals surface area (Å²) in [5, 5.41) is 0.770. The summed E-state index contributed by atoms with van der Waals surface area (Å²) in [5.74, 6) is 0.0640. The van der Waals surface area contributed by atoms with Crippen molar-refractivity contribution < 1.29 is 4.79 Å². The molecule has 1 aliphatic heterocycles. The zero-order chi connectivity index (χ0) is 14.8. The third kappa shape index (κ3) is 2.59. The Kier molecular flexibility index (Phi) is 3.80. The van der Waals surface area contributed by atoms with E-state index in [-0.39, 0.29) is 11.8 Å². The van der Waals surface area contributed by atoms with Gasteiger partial charge in [-0.25, -0.2) is 0 Å². The fourth-order valence-corrected chi connectivity index (χ4v) is 3.27. The molecule has 1 amide bonds. The fraction of sp³-hybridized carbons (Fsp3) is 0.167. The van der Waals surface area contributed by atoms with E-state index in [2.05, 4.69) is 18.7 Å². The van der Waals surface area contributed by atoms with E-state index < -0.39 is 0 Å². The molecule has 2 aromatic rings. The highest BCUT2D eigenvalue weighted by atomic mass is 35.5. The minimum Gasteiger partial charge on any atom is -0.334 e. The average Bonchev–Trinajstić information content (AvgIpc) is 2.54. The molecule has 1 heterocycles. The molecule has 3 heteroatoms. The molecule has 3 rings (SSSR count). The van der Waals surface area contributed by atoms with Crippen LogP contribution in [0.5, 0.6) is 0 Å². The highest BCUT2D eigenvalue weighted by Crippen LogP contribution is 2.37. The van der Waals surface area contributed by atoms with Gasteiger partial charge in [0.05, 0.1) is 0 Å². The van der Waals surface area contributed by atoms with Crippen molar-refractivity contribution >= 4 is 17.5 Å². The molecule has 0 aliphatic carbocycles. The first-order valence-electron chi connectivity index (χ1n) is 6.94. The lowest BCUT2D eigenvalue weighted by Crippen LogP contribution is -2.37. The van der Waals surface area contributed by atoms with Crippen LogP contribution in [0.15, 0.2) is 61.2 Å². The van der Waals surface area contributed by atoms with Gasteiger partial charge in [-0.3, -0.25) is 4.79 Å². The number of amides is 1. The third-order valence-corrected chi connectivity index (χ3v) is 4.27. The summed E-state index contributed by atoms with van der Waals surface area (Å²) in [6, 6.07) is 16.1. The van der Waals surface area contributed by atoms with Crippen LogP contribution in [0.4, 0.5) is 0 Å². The number of rotatable bonds is 2. The summed E-state index contributed by atoms with van der Waals surface area (Å²) >= 11 is 6.42. The van der Waals surface area contributed by atoms with E-state index in [1.165, 1.54) is 11.6 Å². The van der Waals surface area contributed by atoms with Crippen LogP contribution in [0.3, 0.4) is 0 Å². The molecule has 0 saturated carbocycles. The minimum absolute atomic E-state index is 0.0402. The molecule has 2 nitrogen and oxygen atoms in total. The lowest BCUT2D eigenvalue weighted by atomic mass is 9.84. The highest BCUT2D eigenvalue weighted by Gasteiger charge is 2.29. The Labute approximate surface area is 129 Å². The molecular formula is C18H16ClNO. The van der Waals surface area contributed by atoms with Crippen molar-refractivity contribution in [2.75, 3.05) is 6.54 Å². The minimum atomic E-state index is -0.0402. The smallest absolute Gasteiger partial charge is 0.246 e. The second-order valence-electron chi connectivity index (χ2n) is 5.20. The molecule has 21 heavy (non-hydrogen) atoms. The van der Waals surface area contributed by atoms with E-state index in [0.29, 0.717) is 13.1 Å². The van der Waals surface area contributed by atoms with Gasteiger partial charge in [-0.15, -0.1) is 0 Å². The van der Waals surface area contributed by atoms with Crippen LogP contribution in [-0.2, 0) is 11.3 Å². The summed E-state index contributed by atoms with van der Waals surface area (Å²) < 4.78 is 0. The van der Waals surface area contributed by atoms with Crippen molar-refractivity contribution in [3.63, 3.8) is 0 Å². The lowest BCUT2D eigenvalue weighted by molar-refractivity contribution is -0.127. The summed E-state index contributed by atoms with van der Waals surface area (Å²) in [5.41, 5.74) is 3.42. The topological polar surface area (TPSA) is 20.3 Å². The van der Waals surface area contributed by atoms with Crippen molar-refractivity contribution in [1.82, 2.24) is 4.90 Å². The van der Waals surface area contributed by atoms with Crippen molar-refractivity contribution in [3.05, 3.63) is 82.9 Å². The second-order valence-corrected chi connectivity index (χ2v) is 5.61. The number of hydrogen-bond acceptors (Lipinski definition) is 1. The molecule has 0 fully saturated rings. The Morgan fingerprint density at radius 1 is 1.19 bits per heavy atom. The molecular weight excluding hydrogens is 282 g/mol. The first-order chi connectivity index (χ1) is 10.2. The van der Waals surface area contributed by atoms with Gasteiger partial charge in [-0.1, -0.05) is 60.6 Å². The molecule has 0 spiro atoms. The normalized spacial score (nSPS) is 17.2. The molecule has 2 aromatic carbocycles. The van der Waals surface area contributed by atoms with Crippen molar-refractivity contribution in [1.29, 1.82) is 0 Å². The van der Waals surface area contributed by atoms with Gasteiger partial charge in [0.15, 0.2) is 0 Å². The maximum atomic E-state index is 12.0. The standard InChI is InChI=1S/C18H16ClNO/c1-2-17(21)20-11-14-9-6-10-16(19)18(14)15(12-20)13-7-4-3-5-8-13/h2-10,15H,1,11-12H2/t15-/m1/s1. The predicted octanol–water partition coefficient (Wildman–Crippen LogP) is 4.00. The van der Waals surface area contributed by atoms with Gasteiger partial charge >= 0.3 is 0 Å². The van der Waals surface area contributed by atoms with Crippen LogP contribution in [0.25, 0.3) is 0 Å². The van der Waals surface area contributed by atoms with Crippen LogP contribution >= 0.6 is 11.6 Å². The molecule has 0 N–H and O–H groups in total. The summed E-state index contributed by atoms with van der Waals surface area (Å²) in [4.78, 5) is 13.8. The number of benzene rings is 2. The number of carbonyl (C=O) groups is 1. The molecule has 0 saturated heterocycles. The Bertz CT molecular complexity index is 681. The predicted molar refractivity (Wildman–Crippen MR) is 85.4 cm³/mol. The van der Waals surface area contributed by atoms with E-state index in [1.54, 1.807) is 0 Å². The maximum absolute atomic E-state index is 12.0. The molecule has 0 radical (unpaired) electrons. The monoisotopic (exact) mass is 297 g/mol. The van der Waals surface area contributed by atoms with Crippen LogP contribution in [0.2, 0.25) is 5.02 Å². The molecule has 106 valence electrons. The summed E-state index contributed by atoms with van der Waals surface area (Å²) in [7, 11) is 0. The van der Waals surface area contributed by atoms with E-state index in [1.807, 2.05) is 41.3 Å². The van der Waals surface area contributed by atoms with Gasteiger partial charge in [0, 0.05) is 24.0 Å². The number of carbonyl (C=O) groups excluding carboxylic acids is 1. The highest BCUT2D eigenvalue weighted by molar-refractivity contribution is 6.31. The van der Waals surface area contributed by atoms with Crippen LogP contribution in [-0.4, -0.2) is 17.4 Å². The SMILES string of the molecule is C=CC(=O)N1Cc2cccc(Cl)c2[C@@H](c2ccccc2)C1. The van der Waals surface area contributed by atoms with Gasteiger partial charge in [-0.2, -0.15) is 0 Å². The van der Waals surface area contributed by atoms with Crippen molar-refractivity contribution in [3.8, 4) is 0 Å². The van der Waals surface area contributed by atoms with Crippen LogP contribution < -0.4 is 0 Å². The van der Waals surface area contributed by atoms with Gasteiger partial charge in [0.2, 0.25) is 5.91 Å². The molecule has 0 bridgehead atoms. The summed E-state index contributed by atoms with van der Waals surface area (Å²) in [6.45, 7) is 4.81. The van der Waals surface area contributed by atoms with E-state index in [4.69, 9.17) is 11.6 Å². The summed E-state index contributed by atoms with van der Waals surface area (Å²) in [6.07, 6.45) is 1.37. The molecule has 0 unspecified atom stereocenters. The van der Waals surface area contributed by atoms with Gasteiger partial charge in [0.1, 0.15) is 0 Å². The maximum Gasteiger partial charge on any atom is 0.246 e. The quantitative estimate of drug-likeness (QED) is 0.767. The Morgan fingerprint density at radius 3 is 2.67 bits per heavy atom. The number of halogens is 1. The van der Waals surface area contributed by atoms with Gasteiger partial charge < -0.3 is 4.90 Å². The number of fused-ring (bicyclic) bond motifs is 1. The molecule has 1 atom stereocenters.